The van der Waals surface area contributed by atoms with Crippen LogP contribution in [0.2, 0.25) is 0 Å². The Balaban J connectivity index is 1.25. The van der Waals surface area contributed by atoms with Crippen molar-refractivity contribution in [3.05, 3.63) is 0 Å². The molecule has 2 saturated heterocycles. The SMILES string of the molecule is CC(C)C1CC(N2CCN(CC3CCN(C(C)C)CC3)C3(CC3)C2)C1. The number of nitrogens with zero attached hydrogens (tertiary/aromatic N) is 3. The van der Waals surface area contributed by atoms with E-state index in [1.54, 1.807) is 0 Å². The molecule has 0 bridgehead atoms. The first-order valence-corrected chi connectivity index (χ1v) is 11.2. The molecule has 4 aliphatic rings. The summed E-state index contributed by atoms with van der Waals surface area (Å²) >= 11 is 0. The Hall–Kier alpha value is -0.120. The van der Waals surface area contributed by atoms with Crippen LogP contribution in [0.25, 0.3) is 0 Å². The lowest BCUT2D eigenvalue weighted by Gasteiger charge is -2.51. The molecule has 4 rings (SSSR count). The van der Waals surface area contributed by atoms with E-state index < -0.39 is 0 Å². The summed E-state index contributed by atoms with van der Waals surface area (Å²) in [4.78, 5) is 8.48. The Morgan fingerprint density at radius 2 is 1.60 bits per heavy atom. The van der Waals surface area contributed by atoms with Gasteiger partial charge in [-0.2, -0.15) is 0 Å². The first-order chi connectivity index (χ1) is 12.0. The summed E-state index contributed by atoms with van der Waals surface area (Å²) in [5, 5.41) is 0. The van der Waals surface area contributed by atoms with Gasteiger partial charge in [0.15, 0.2) is 0 Å². The molecule has 0 unspecified atom stereocenters. The predicted molar refractivity (Wildman–Crippen MR) is 106 cm³/mol. The molecule has 3 nitrogen and oxygen atoms in total. The Morgan fingerprint density at radius 3 is 2.16 bits per heavy atom. The number of piperazine rings is 1. The molecule has 25 heavy (non-hydrogen) atoms. The first-order valence-electron chi connectivity index (χ1n) is 11.2. The molecule has 2 aliphatic heterocycles. The quantitative estimate of drug-likeness (QED) is 0.751. The third-order valence-electron chi connectivity index (χ3n) is 8.12. The van der Waals surface area contributed by atoms with Gasteiger partial charge < -0.3 is 4.90 Å². The molecule has 0 N–H and O–H groups in total. The first kappa shape index (κ1) is 18.3. The fourth-order valence-corrected chi connectivity index (χ4v) is 5.69. The third-order valence-corrected chi connectivity index (χ3v) is 8.12. The maximum atomic E-state index is 2.93. The van der Waals surface area contributed by atoms with Crippen LogP contribution in [0.4, 0.5) is 0 Å². The second-order valence-electron chi connectivity index (χ2n) is 10.3. The molecule has 0 atom stereocenters. The van der Waals surface area contributed by atoms with Crippen LogP contribution in [0.15, 0.2) is 0 Å². The average Bonchev–Trinajstić information content (AvgIpc) is 3.29. The van der Waals surface area contributed by atoms with E-state index in [2.05, 4.69) is 42.4 Å². The maximum absolute atomic E-state index is 2.93. The minimum absolute atomic E-state index is 0.594. The van der Waals surface area contributed by atoms with Gasteiger partial charge in [-0.3, -0.25) is 9.80 Å². The van der Waals surface area contributed by atoms with Gasteiger partial charge in [0.05, 0.1) is 0 Å². The molecule has 0 radical (unpaired) electrons. The van der Waals surface area contributed by atoms with Crippen molar-refractivity contribution >= 4 is 0 Å². The van der Waals surface area contributed by atoms with E-state index >= 15 is 0 Å². The molecule has 2 saturated carbocycles. The third kappa shape index (κ3) is 3.80. The lowest BCUT2D eigenvalue weighted by atomic mass is 9.72. The molecule has 1 spiro atoms. The number of rotatable bonds is 5. The Morgan fingerprint density at radius 1 is 0.920 bits per heavy atom. The zero-order chi connectivity index (χ0) is 17.6. The van der Waals surface area contributed by atoms with Gasteiger partial charge in [0.2, 0.25) is 0 Å². The van der Waals surface area contributed by atoms with Crippen LogP contribution in [0, 0.1) is 17.8 Å². The molecule has 0 aromatic carbocycles. The summed E-state index contributed by atoms with van der Waals surface area (Å²) in [6.45, 7) is 17.6. The summed E-state index contributed by atoms with van der Waals surface area (Å²) in [7, 11) is 0. The molecule has 2 heterocycles. The highest BCUT2D eigenvalue weighted by Gasteiger charge is 2.53. The molecule has 3 heteroatoms. The topological polar surface area (TPSA) is 9.72 Å². The van der Waals surface area contributed by atoms with Gasteiger partial charge in [0, 0.05) is 43.8 Å². The van der Waals surface area contributed by atoms with Crippen molar-refractivity contribution in [2.75, 3.05) is 39.3 Å². The monoisotopic (exact) mass is 347 g/mol. The lowest BCUT2D eigenvalue weighted by Crippen LogP contribution is -2.60. The Bertz CT molecular complexity index is 442. The molecule has 0 amide bonds. The molecule has 144 valence electrons. The normalized spacial score (nSPS) is 34.8. The molecule has 0 aromatic rings. The van der Waals surface area contributed by atoms with Gasteiger partial charge in [-0.1, -0.05) is 13.8 Å². The highest BCUT2D eigenvalue weighted by atomic mass is 15.3. The summed E-state index contributed by atoms with van der Waals surface area (Å²) in [5.74, 6) is 2.85. The van der Waals surface area contributed by atoms with Crippen LogP contribution in [0.5, 0.6) is 0 Å². The Labute approximate surface area is 156 Å². The molecular weight excluding hydrogens is 306 g/mol. The number of piperidine rings is 1. The highest BCUT2D eigenvalue weighted by molar-refractivity contribution is 5.10. The van der Waals surface area contributed by atoms with Crippen LogP contribution < -0.4 is 0 Å². The van der Waals surface area contributed by atoms with Crippen LogP contribution in [-0.2, 0) is 0 Å². The van der Waals surface area contributed by atoms with Crippen molar-refractivity contribution in [2.45, 2.75) is 83.8 Å². The largest absolute Gasteiger partial charge is 0.301 e. The summed E-state index contributed by atoms with van der Waals surface area (Å²) < 4.78 is 0. The van der Waals surface area contributed by atoms with Crippen molar-refractivity contribution in [3.63, 3.8) is 0 Å². The predicted octanol–water partition coefficient (Wildman–Crippen LogP) is 3.69. The smallest absolute Gasteiger partial charge is 0.0338 e. The highest BCUT2D eigenvalue weighted by Crippen LogP contribution is 2.47. The van der Waals surface area contributed by atoms with Crippen molar-refractivity contribution in [1.82, 2.24) is 14.7 Å². The van der Waals surface area contributed by atoms with E-state index in [9.17, 15) is 0 Å². The summed E-state index contributed by atoms with van der Waals surface area (Å²) in [6, 6.07) is 1.65. The van der Waals surface area contributed by atoms with Crippen LogP contribution in [0.3, 0.4) is 0 Å². The van der Waals surface area contributed by atoms with Gasteiger partial charge >= 0.3 is 0 Å². The Kier molecular flexibility index (Phi) is 5.20. The fraction of sp³-hybridized carbons (Fsp3) is 1.00. The van der Waals surface area contributed by atoms with E-state index in [-0.39, 0.29) is 0 Å². The number of hydrogen-bond donors (Lipinski definition) is 0. The van der Waals surface area contributed by atoms with E-state index in [0.29, 0.717) is 5.54 Å². The molecular formula is C22H41N3. The van der Waals surface area contributed by atoms with Crippen molar-refractivity contribution in [2.24, 2.45) is 17.8 Å². The second kappa shape index (κ2) is 7.13. The van der Waals surface area contributed by atoms with Crippen molar-refractivity contribution < 1.29 is 0 Å². The summed E-state index contributed by atoms with van der Waals surface area (Å²) in [6.07, 6.45) is 8.73. The van der Waals surface area contributed by atoms with Gasteiger partial charge in [0.1, 0.15) is 0 Å². The lowest BCUT2D eigenvalue weighted by molar-refractivity contribution is -0.0232. The second-order valence-corrected chi connectivity index (χ2v) is 10.3. The van der Waals surface area contributed by atoms with E-state index in [1.807, 2.05) is 0 Å². The average molecular weight is 348 g/mol. The molecule has 2 aliphatic carbocycles. The van der Waals surface area contributed by atoms with Crippen molar-refractivity contribution in [3.8, 4) is 0 Å². The van der Waals surface area contributed by atoms with Crippen LogP contribution >= 0.6 is 0 Å². The van der Waals surface area contributed by atoms with Crippen molar-refractivity contribution in [1.29, 1.82) is 0 Å². The van der Waals surface area contributed by atoms with E-state index in [4.69, 9.17) is 0 Å². The fourth-order valence-electron chi connectivity index (χ4n) is 5.69. The number of hydrogen-bond acceptors (Lipinski definition) is 3. The zero-order valence-electron chi connectivity index (χ0n) is 17.2. The van der Waals surface area contributed by atoms with Crippen LogP contribution in [0.1, 0.15) is 66.2 Å². The summed E-state index contributed by atoms with van der Waals surface area (Å²) in [5.41, 5.74) is 0.594. The zero-order valence-corrected chi connectivity index (χ0v) is 17.2. The van der Waals surface area contributed by atoms with Gasteiger partial charge in [-0.05, 0) is 83.2 Å². The van der Waals surface area contributed by atoms with Gasteiger partial charge in [-0.15, -0.1) is 0 Å². The number of likely N-dealkylation sites (tertiary alicyclic amines) is 1. The minimum Gasteiger partial charge on any atom is -0.301 e. The maximum Gasteiger partial charge on any atom is 0.0338 e. The van der Waals surface area contributed by atoms with Gasteiger partial charge in [-0.25, -0.2) is 0 Å². The van der Waals surface area contributed by atoms with E-state index in [1.165, 1.54) is 77.8 Å². The van der Waals surface area contributed by atoms with Crippen LogP contribution in [-0.4, -0.2) is 71.6 Å². The van der Waals surface area contributed by atoms with E-state index in [0.717, 1.165) is 29.8 Å². The van der Waals surface area contributed by atoms with Gasteiger partial charge in [0.25, 0.3) is 0 Å². The minimum atomic E-state index is 0.594. The molecule has 0 aromatic heterocycles. The molecule has 4 fully saturated rings. The standard InChI is InChI=1S/C22H41N3/c1-17(2)20-13-21(14-20)24-11-12-25(22(16-24)7-8-22)15-19-5-9-23(10-6-19)18(3)4/h17-21H,5-16H2,1-4H3.